The number of aromatic nitrogens is 1. The molecular weight excluding hydrogens is 406 g/mol. The quantitative estimate of drug-likeness (QED) is 0.314. The molecule has 0 fully saturated rings. The molecule has 31 heavy (non-hydrogen) atoms. The smallest absolute Gasteiger partial charge is 0.257 e. The Labute approximate surface area is 188 Å². The van der Waals surface area contributed by atoms with Gasteiger partial charge >= 0.3 is 0 Å². The SMILES string of the molecule is CCCCCCc1ccccc1Oc1ncccc1NC(=S)NC(=O)c1ccccc1. The lowest BCUT2D eigenvalue weighted by molar-refractivity contribution is 0.0977. The monoisotopic (exact) mass is 433 g/mol. The van der Waals surface area contributed by atoms with Crippen LogP contribution in [0.25, 0.3) is 0 Å². The average Bonchev–Trinajstić information content (AvgIpc) is 2.79. The molecule has 5 nitrogen and oxygen atoms in total. The van der Waals surface area contributed by atoms with Gasteiger partial charge < -0.3 is 10.1 Å². The summed E-state index contributed by atoms with van der Waals surface area (Å²) in [7, 11) is 0. The average molecular weight is 434 g/mol. The molecule has 0 saturated heterocycles. The zero-order valence-electron chi connectivity index (χ0n) is 17.6. The molecule has 0 aliphatic carbocycles. The van der Waals surface area contributed by atoms with Gasteiger partial charge in [-0.15, -0.1) is 0 Å². The van der Waals surface area contributed by atoms with E-state index in [9.17, 15) is 4.79 Å². The molecule has 1 aromatic heterocycles. The summed E-state index contributed by atoms with van der Waals surface area (Å²) in [6, 6.07) is 20.5. The van der Waals surface area contributed by atoms with Crippen LogP contribution in [-0.4, -0.2) is 16.0 Å². The molecule has 0 unspecified atom stereocenters. The topological polar surface area (TPSA) is 63.2 Å². The number of aryl methyl sites for hydroxylation is 1. The van der Waals surface area contributed by atoms with Crippen molar-refractivity contribution in [3.63, 3.8) is 0 Å². The Balaban J connectivity index is 1.67. The van der Waals surface area contributed by atoms with E-state index in [2.05, 4.69) is 28.6 Å². The molecule has 1 heterocycles. The Morgan fingerprint density at radius 3 is 2.55 bits per heavy atom. The van der Waals surface area contributed by atoms with Crippen LogP contribution in [0.5, 0.6) is 11.6 Å². The van der Waals surface area contributed by atoms with E-state index in [1.807, 2.05) is 30.3 Å². The summed E-state index contributed by atoms with van der Waals surface area (Å²) in [5, 5.41) is 5.89. The number of rotatable bonds is 9. The van der Waals surface area contributed by atoms with Gasteiger partial charge in [0.15, 0.2) is 5.11 Å². The zero-order chi connectivity index (χ0) is 21.9. The minimum atomic E-state index is -0.276. The Morgan fingerprint density at radius 1 is 0.968 bits per heavy atom. The van der Waals surface area contributed by atoms with E-state index in [1.165, 1.54) is 19.3 Å². The number of anilines is 1. The molecule has 2 aromatic carbocycles. The summed E-state index contributed by atoms with van der Waals surface area (Å²) in [6.45, 7) is 2.21. The van der Waals surface area contributed by atoms with Crippen LogP contribution in [0.1, 0.15) is 48.5 Å². The molecule has 0 aliphatic rings. The summed E-state index contributed by atoms with van der Waals surface area (Å²) in [5.41, 5.74) is 2.27. The van der Waals surface area contributed by atoms with Crippen molar-refractivity contribution in [2.45, 2.75) is 39.0 Å². The summed E-state index contributed by atoms with van der Waals surface area (Å²) in [6.07, 6.45) is 7.40. The third-order valence-electron chi connectivity index (χ3n) is 4.76. The molecule has 0 spiro atoms. The third-order valence-corrected chi connectivity index (χ3v) is 4.97. The van der Waals surface area contributed by atoms with Gasteiger partial charge in [-0.25, -0.2) is 4.98 Å². The molecule has 160 valence electrons. The van der Waals surface area contributed by atoms with E-state index >= 15 is 0 Å². The zero-order valence-corrected chi connectivity index (χ0v) is 18.5. The molecule has 3 rings (SSSR count). The number of hydrogen-bond donors (Lipinski definition) is 2. The first-order valence-corrected chi connectivity index (χ1v) is 11.0. The van der Waals surface area contributed by atoms with Crippen molar-refractivity contribution in [1.82, 2.24) is 10.3 Å². The van der Waals surface area contributed by atoms with Crippen LogP contribution in [0.2, 0.25) is 0 Å². The number of carbonyl (C=O) groups excluding carboxylic acids is 1. The lowest BCUT2D eigenvalue weighted by atomic mass is 10.1. The standard InChI is InChI=1S/C25H27N3O2S/c1-2-3-4-6-12-19-13-9-10-17-22(19)30-24-21(16-11-18-26-24)27-25(31)28-23(29)20-14-7-5-8-15-20/h5,7-11,13-18H,2-4,6,12H2,1H3,(H2,27,28,29,31). The number of nitrogens with zero attached hydrogens (tertiary/aromatic N) is 1. The maximum Gasteiger partial charge on any atom is 0.257 e. The van der Waals surface area contributed by atoms with Crippen LogP contribution in [0, 0.1) is 0 Å². The fraction of sp³-hybridized carbons (Fsp3) is 0.240. The third kappa shape index (κ3) is 6.89. The highest BCUT2D eigenvalue weighted by Gasteiger charge is 2.12. The number of amides is 1. The van der Waals surface area contributed by atoms with Crippen LogP contribution >= 0.6 is 12.2 Å². The lowest BCUT2D eigenvalue weighted by Gasteiger charge is -2.15. The fourth-order valence-electron chi connectivity index (χ4n) is 3.14. The van der Waals surface area contributed by atoms with Crippen LogP contribution in [-0.2, 0) is 6.42 Å². The van der Waals surface area contributed by atoms with E-state index in [-0.39, 0.29) is 11.0 Å². The molecule has 0 bridgehead atoms. The van der Waals surface area contributed by atoms with Crippen molar-refractivity contribution >= 4 is 28.9 Å². The number of benzene rings is 2. The Morgan fingerprint density at radius 2 is 1.74 bits per heavy atom. The van der Waals surface area contributed by atoms with E-state index in [0.717, 1.165) is 24.2 Å². The first-order chi connectivity index (χ1) is 15.2. The Kier molecular flexibility index (Phi) is 8.55. The lowest BCUT2D eigenvalue weighted by Crippen LogP contribution is -2.34. The van der Waals surface area contributed by atoms with Gasteiger partial charge in [-0.1, -0.05) is 62.6 Å². The summed E-state index contributed by atoms with van der Waals surface area (Å²) >= 11 is 5.32. The highest BCUT2D eigenvalue weighted by atomic mass is 32.1. The minimum Gasteiger partial charge on any atom is -0.437 e. The number of carbonyl (C=O) groups is 1. The normalized spacial score (nSPS) is 10.4. The highest BCUT2D eigenvalue weighted by Crippen LogP contribution is 2.30. The molecule has 6 heteroatoms. The van der Waals surface area contributed by atoms with Gasteiger partial charge in [-0.3, -0.25) is 10.1 Å². The number of thiocarbonyl (C=S) groups is 1. The van der Waals surface area contributed by atoms with Gasteiger partial charge in [0.25, 0.3) is 5.91 Å². The van der Waals surface area contributed by atoms with Crippen molar-refractivity contribution in [3.05, 3.63) is 84.1 Å². The second-order valence-electron chi connectivity index (χ2n) is 7.15. The van der Waals surface area contributed by atoms with Crippen molar-refractivity contribution < 1.29 is 9.53 Å². The van der Waals surface area contributed by atoms with Gasteiger partial charge in [0.2, 0.25) is 5.88 Å². The second kappa shape index (κ2) is 11.8. The van der Waals surface area contributed by atoms with Gasteiger partial charge in [0, 0.05) is 11.8 Å². The van der Waals surface area contributed by atoms with Crippen molar-refractivity contribution in [2.75, 3.05) is 5.32 Å². The number of hydrogen-bond acceptors (Lipinski definition) is 4. The summed E-state index contributed by atoms with van der Waals surface area (Å²) in [4.78, 5) is 16.7. The van der Waals surface area contributed by atoms with Gasteiger partial charge in [-0.05, 0) is 61.0 Å². The Hall–Kier alpha value is -3.25. The number of unbranched alkanes of at least 4 members (excludes halogenated alkanes) is 3. The maximum absolute atomic E-state index is 12.3. The predicted octanol–water partition coefficient (Wildman–Crippen LogP) is 6.12. The van der Waals surface area contributed by atoms with E-state index in [4.69, 9.17) is 17.0 Å². The second-order valence-corrected chi connectivity index (χ2v) is 7.56. The van der Waals surface area contributed by atoms with Crippen LogP contribution in [0.15, 0.2) is 72.9 Å². The number of nitrogens with one attached hydrogen (secondary N) is 2. The van der Waals surface area contributed by atoms with Gasteiger partial charge in [-0.2, -0.15) is 0 Å². The molecule has 3 aromatic rings. The molecule has 0 aliphatic heterocycles. The summed E-state index contributed by atoms with van der Waals surface area (Å²) < 4.78 is 6.14. The van der Waals surface area contributed by atoms with Crippen LogP contribution in [0.3, 0.4) is 0 Å². The molecule has 0 radical (unpaired) electrons. The number of pyridine rings is 1. The molecule has 0 saturated carbocycles. The number of para-hydroxylation sites is 1. The van der Waals surface area contributed by atoms with Gasteiger partial charge in [0.05, 0.1) is 0 Å². The van der Waals surface area contributed by atoms with E-state index < -0.39 is 0 Å². The molecule has 0 atom stereocenters. The van der Waals surface area contributed by atoms with E-state index in [0.29, 0.717) is 17.1 Å². The predicted molar refractivity (Wildman–Crippen MR) is 129 cm³/mol. The summed E-state index contributed by atoms with van der Waals surface area (Å²) in [5.74, 6) is 0.904. The highest BCUT2D eigenvalue weighted by molar-refractivity contribution is 7.80. The van der Waals surface area contributed by atoms with Crippen LogP contribution < -0.4 is 15.4 Å². The minimum absolute atomic E-state index is 0.180. The fourth-order valence-corrected chi connectivity index (χ4v) is 3.34. The largest absolute Gasteiger partial charge is 0.437 e. The number of ether oxygens (including phenoxy) is 1. The molecular formula is C25H27N3O2S. The van der Waals surface area contributed by atoms with Crippen LogP contribution in [0.4, 0.5) is 5.69 Å². The molecule has 1 amide bonds. The first-order valence-electron chi connectivity index (χ1n) is 10.6. The molecule has 2 N–H and O–H groups in total. The van der Waals surface area contributed by atoms with Crippen molar-refractivity contribution in [2.24, 2.45) is 0 Å². The van der Waals surface area contributed by atoms with Crippen molar-refractivity contribution in [1.29, 1.82) is 0 Å². The van der Waals surface area contributed by atoms with E-state index in [1.54, 1.807) is 36.5 Å². The van der Waals surface area contributed by atoms with Gasteiger partial charge in [0.1, 0.15) is 11.4 Å². The Bertz CT molecular complexity index is 1010. The maximum atomic E-state index is 12.3. The first kappa shape index (κ1) is 22.4. The van der Waals surface area contributed by atoms with Crippen molar-refractivity contribution in [3.8, 4) is 11.6 Å².